The number of fused-ring (bicyclic) bond motifs is 1. The summed E-state index contributed by atoms with van der Waals surface area (Å²) in [5.41, 5.74) is 0.218. The lowest BCUT2D eigenvalue weighted by atomic mass is 10.4. The molecule has 1 aliphatic carbocycles. The van der Waals surface area contributed by atoms with E-state index in [9.17, 15) is 13.2 Å². The van der Waals surface area contributed by atoms with E-state index in [1.54, 1.807) is 0 Å². The molecule has 0 saturated heterocycles. The predicted octanol–water partition coefficient (Wildman–Crippen LogP) is 0.513. The maximum absolute atomic E-state index is 10.5. The second-order valence-corrected chi connectivity index (χ2v) is 5.51. The summed E-state index contributed by atoms with van der Waals surface area (Å²) < 4.78 is 20.3. The highest BCUT2D eigenvalue weighted by molar-refractivity contribution is 7.90. The summed E-state index contributed by atoms with van der Waals surface area (Å²) >= 11 is 0. The Morgan fingerprint density at radius 1 is 1.13 bits per heavy atom. The largest absolute Gasteiger partial charge is 0.289 e. The third-order valence-electron chi connectivity index (χ3n) is 2.34. The first kappa shape index (κ1) is 10.3. The lowest BCUT2D eigenvalue weighted by Gasteiger charge is -1.84. The van der Waals surface area contributed by atoms with Gasteiger partial charge in [-0.3, -0.25) is 4.79 Å². The Kier molecular flexibility index (Phi) is 2.36. The highest BCUT2D eigenvalue weighted by Crippen LogP contribution is 2.25. The molecular weight excluding hydrogens is 214 g/mol. The number of hydrogen-bond donors (Lipinski definition) is 1. The van der Waals surface area contributed by atoms with Crippen LogP contribution in [0.3, 0.4) is 0 Å². The fourth-order valence-corrected chi connectivity index (χ4v) is 2.02. The molecule has 5 heteroatoms. The van der Waals surface area contributed by atoms with E-state index in [-0.39, 0.29) is 10.7 Å². The van der Waals surface area contributed by atoms with Crippen LogP contribution in [0.4, 0.5) is 0 Å². The van der Waals surface area contributed by atoms with Crippen molar-refractivity contribution < 1.29 is 8.42 Å². The van der Waals surface area contributed by atoms with Crippen LogP contribution in [-0.4, -0.2) is 13.7 Å². The van der Waals surface area contributed by atoms with Gasteiger partial charge < -0.3 is 0 Å². The summed E-state index contributed by atoms with van der Waals surface area (Å²) in [4.78, 5) is 10.5. The molecule has 0 bridgehead atoms. The number of primary sulfonamides is 1. The van der Waals surface area contributed by atoms with Gasteiger partial charge in [-0.25, -0.2) is 13.6 Å². The summed E-state index contributed by atoms with van der Waals surface area (Å²) in [6, 6.07) is 7.45. The zero-order chi connectivity index (χ0) is 11.1. The van der Waals surface area contributed by atoms with E-state index in [0.29, 0.717) is 0 Å². The van der Waals surface area contributed by atoms with Gasteiger partial charge in [-0.15, -0.1) is 0 Å². The molecule has 0 aliphatic heterocycles. The molecule has 1 aliphatic rings. The van der Waals surface area contributed by atoms with Crippen LogP contribution in [0.25, 0.3) is 10.8 Å². The smallest absolute Gasteiger partial charge is 0.211 e. The summed E-state index contributed by atoms with van der Waals surface area (Å²) in [5, 5.41) is 6.30. The quantitative estimate of drug-likeness (QED) is 0.768. The van der Waals surface area contributed by atoms with Crippen molar-refractivity contribution in [3.8, 4) is 0 Å². The van der Waals surface area contributed by atoms with E-state index in [4.69, 9.17) is 5.14 Å². The van der Waals surface area contributed by atoms with Crippen LogP contribution >= 0.6 is 0 Å². The van der Waals surface area contributed by atoms with Crippen LogP contribution in [0.1, 0.15) is 12.8 Å². The van der Waals surface area contributed by atoms with Crippen molar-refractivity contribution in [3.05, 3.63) is 34.5 Å². The molecule has 0 unspecified atom stereocenters. The molecule has 0 aromatic heterocycles. The normalized spacial score (nSPS) is 16.3. The van der Waals surface area contributed by atoms with Crippen molar-refractivity contribution >= 4 is 20.8 Å². The molecule has 80 valence electrons. The van der Waals surface area contributed by atoms with E-state index < -0.39 is 10.0 Å². The summed E-state index contributed by atoms with van der Waals surface area (Å²) in [5.74, 6) is 0. The Morgan fingerprint density at radius 2 is 1.60 bits per heavy atom. The number of benzene rings is 1. The van der Waals surface area contributed by atoms with Gasteiger partial charge in [-0.1, -0.05) is 24.3 Å². The molecule has 1 saturated carbocycles. The molecule has 2 N–H and O–H groups in total. The topological polar surface area (TPSA) is 77.2 Å². The monoisotopic (exact) mass is 225 g/mol. The third kappa shape index (κ3) is 2.43. The van der Waals surface area contributed by atoms with Gasteiger partial charge in [0.05, 0.1) is 5.25 Å². The van der Waals surface area contributed by atoms with Gasteiger partial charge in [0.25, 0.3) is 0 Å². The fourth-order valence-electron chi connectivity index (χ4n) is 1.23. The van der Waals surface area contributed by atoms with Crippen LogP contribution in [0.5, 0.6) is 0 Å². The van der Waals surface area contributed by atoms with Crippen LogP contribution in [-0.2, 0) is 10.0 Å². The number of nitrogens with two attached hydrogens (primary N) is 1. The predicted molar refractivity (Wildman–Crippen MR) is 58.7 cm³/mol. The molecule has 2 aromatic rings. The average molecular weight is 225 g/mol. The van der Waals surface area contributed by atoms with Gasteiger partial charge in [-0.2, -0.15) is 0 Å². The molecule has 15 heavy (non-hydrogen) atoms. The second-order valence-electron chi connectivity index (χ2n) is 3.66. The van der Waals surface area contributed by atoms with E-state index in [0.717, 1.165) is 23.6 Å². The van der Waals surface area contributed by atoms with Crippen LogP contribution in [0.15, 0.2) is 29.1 Å². The third-order valence-corrected chi connectivity index (χ3v) is 3.74. The molecule has 1 fully saturated rings. The Bertz CT molecular complexity index is 558. The molecule has 2 aromatic carbocycles. The fraction of sp³-hybridized carbons (Fsp3) is 0.300. The van der Waals surface area contributed by atoms with Crippen molar-refractivity contribution in [1.82, 2.24) is 0 Å². The van der Waals surface area contributed by atoms with Gasteiger partial charge >= 0.3 is 0 Å². The number of rotatable bonds is 1. The first-order valence-corrected chi connectivity index (χ1v) is 6.26. The molecule has 0 spiro atoms. The first-order chi connectivity index (χ1) is 7.00. The maximum Gasteiger partial charge on any atom is 0.211 e. The molecule has 3 rings (SSSR count). The van der Waals surface area contributed by atoms with Crippen molar-refractivity contribution in [2.45, 2.75) is 18.1 Å². The lowest BCUT2D eigenvalue weighted by Crippen LogP contribution is -2.16. The van der Waals surface area contributed by atoms with Gasteiger partial charge in [0.15, 0.2) is 5.43 Å². The molecule has 4 nitrogen and oxygen atoms in total. The first-order valence-electron chi connectivity index (χ1n) is 4.65. The summed E-state index contributed by atoms with van der Waals surface area (Å²) in [6.45, 7) is 0. The van der Waals surface area contributed by atoms with Gasteiger partial charge in [0.2, 0.25) is 10.0 Å². The minimum absolute atomic E-state index is 0.201. The van der Waals surface area contributed by atoms with Crippen molar-refractivity contribution in [1.29, 1.82) is 0 Å². The summed E-state index contributed by atoms with van der Waals surface area (Å²) in [6.07, 6.45) is 1.53. The highest BCUT2D eigenvalue weighted by Gasteiger charge is 2.32. The highest BCUT2D eigenvalue weighted by atomic mass is 32.2. The van der Waals surface area contributed by atoms with Crippen LogP contribution in [0, 0.1) is 0 Å². The van der Waals surface area contributed by atoms with Crippen molar-refractivity contribution in [2.24, 2.45) is 5.14 Å². The standard InChI is InChI=1S/C7H4O.C3H7NO2S/c8-7-5-3-1-2-4-6(5)7;4-7(5,6)3-1-2-3/h1-4H;3H,1-2H2,(H2,4,5,6). The molecule has 0 atom stereocenters. The van der Waals surface area contributed by atoms with Gasteiger partial charge in [0, 0.05) is 10.8 Å². The zero-order valence-electron chi connectivity index (χ0n) is 8.01. The Hall–Kier alpha value is -1.20. The van der Waals surface area contributed by atoms with Crippen LogP contribution in [0.2, 0.25) is 0 Å². The Balaban J connectivity index is 0.000000115. The lowest BCUT2D eigenvalue weighted by molar-refractivity contribution is 0.596. The number of hydrogen-bond acceptors (Lipinski definition) is 3. The molecular formula is C10H11NO3S. The van der Waals surface area contributed by atoms with E-state index in [1.807, 2.05) is 24.3 Å². The minimum atomic E-state index is -3.13. The van der Waals surface area contributed by atoms with Crippen molar-refractivity contribution in [2.75, 3.05) is 0 Å². The average Bonchev–Trinajstić information content (AvgIpc) is 3.02. The molecule has 0 radical (unpaired) electrons. The van der Waals surface area contributed by atoms with Crippen LogP contribution < -0.4 is 10.6 Å². The number of sulfonamides is 1. The van der Waals surface area contributed by atoms with Crippen molar-refractivity contribution in [3.63, 3.8) is 0 Å². The van der Waals surface area contributed by atoms with E-state index in [2.05, 4.69) is 0 Å². The maximum atomic E-state index is 10.5. The van der Waals surface area contributed by atoms with E-state index in [1.165, 1.54) is 0 Å². The second kappa shape index (κ2) is 3.43. The summed E-state index contributed by atoms with van der Waals surface area (Å²) in [7, 11) is -3.13. The SMILES string of the molecule is NS(=O)(=O)C1CC1.O=c1c2ccccc12. The van der Waals surface area contributed by atoms with E-state index >= 15 is 0 Å². The molecule has 0 heterocycles. The van der Waals surface area contributed by atoms with Gasteiger partial charge in [0.1, 0.15) is 0 Å². The zero-order valence-corrected chi connectivity index (χ0v) is 8.83. The minimum Gasteiger partial charge on any atom is -0.289 e. The Morgan fingerprint density at radius 3 is 1.80 bits per heavy atom. The molecule has 0 amide bonds. The Labute approximate surface area is 87.4 Å². The van der Waals surface area contributed by atoms with Gasteiger partial charge in [-0.05, 0) is 12.8 Å².